The van der Waals surface area contributed by atoms with Crippen molar-refractivity contribution < 1.29 is 4.74 Å². The van der Waals surface area contributed by atoms with E-state index in [4.69, 9.17) is 4.74 Å². The lowest BCUT2D eigenvalue weighted by molar-refractivity contribution is 0.0859. The summed E-state index contributed by atoms with van der Waals surface area (Å²) in [4.78, 5) is 0. The number of fused-ring (bicyclic) bond motifs is 7. The molecule has 0 amide bonds. The monoisotopic (exact) mass is 357 g/mol. The molecule has 0 bridgehead atoms. The van der Waals surface area contributed by atoms with Crippen LogP contribution in [0.1, 0.15) is 17.5 Å². The molecule has 0 radical (unpaired) electrons. The Bertz CT molecular complexity index is 1190. The first-order valence-corrected chi connectivity index (χ1v) is 10.2. The highest BCUT2D eigenvalue weighted by atomic mass is 32.2. The molecule has 0 saturated heterocycles. The Labute approximate surface area is 156 Å². The quantitative estimate of drug-likeness (QED) is 0.403. The first-order valence-electron chi connectivity index (χ1n) is 9.17. The Morgan fingerprint density at radius 2 is 1.77 bits per heavy atom. The van der Waals surface area contributed by atoms with Crippen molar-refractivity contribution in [2.75, 3.05) is 5.75 Å². The van der Waals surface area contributed by atoms with E-state index in [1.807, 2.05) is 11.8 Å². The molecule has 1 aromatic heterocycles. The van der Waals surface area contributed by atoms with Gasteiger partial charge in [-0.2, -0.15) is 0 Å². The van der Waals surface area contributed by atoms with E-state index in [1.54, 1.807) is 0 Å². The molecular weight excluding hydrogens is 338 g/mol. The molecule has 1 atom stereocenters. The zero-order valence-electron chi connectivity index (χ0n) is 14.7. The fourth-order valence-corrected chi connectivity index (χ4v) is 6.18. The molecule has 2 aliphatic heterocycles. The standard InChI is InChI=1S/C23H19NOS/c1-24-19-9-5-4-8-17(19)21-22(24)26-13-12-23(21)14-18-16-7-3-2-6-15(16)10-11-20(18)25-23/h2-11H,12-14H2,1H3. The number of rotatable bonds is 0. The Balaban J connectivity index is 1.62. The number of nitrogens with zero attached hydrogens (tertiary/aromatic N) is 1. The number of benzene rings is 3. The van der Waals surface area contributed by atoms with Crippen LogP contribution in [0.5, 0.6) is 5.75 Å². The number of hydrogen-bond acceptors (Lipinski definition) is 2. The van der Waals surface area contributed by atoms with Gasteiger partial charge in [-0.25, -0.2) is 0 Å². The van der Waals surface area contributed by atoms with Crippen LogP contribution in [0.2, 0.25) is 0 Å². The highest BCUT2D eigenvalue weighted by Crippen LogP contribution is 2.54. The van der Waals surface area contributed by atoms with Crippen LogP contribution in [0.4, 0.5) is 0 Å². The van der Waals surface area contributed by atoms with E-state index in [1.165, 1.54) is 37.8 Å². The molecule has 0 aliphatic carbocycles. The van der Waals surface area contributed by atoms with Gasteiger partial charge in [-0.1, -0.05) is 48.5 Å². The van der Waals surface area contributed by atoms with Gasteiger partial charge >= 0.3 is 0 Å². The fraction of sp³-hybridized carbons (Fsp3) is 0.217. The topological polar surface area (TPSA) is 14.2 Å². The minimum Gasteiger partial charge on any atom is -0.482 e. The Morgan fingerprint density at radius 3 is 2.69 bits per heavy atom. The molecule has 2 aliphatic rings. The molecule has 4 aromatic rings. The highest BCUT2D eigenvalue weighted by Gasteiger charge is 2.47. The van der Waals surface area contributed by atoms with Crippen molar-refractivity contribution in [1.29, 1.82) is 0 Å². The predicted molar refractivity (Wildman–Crippen MR) is 108 cm³/mol. The zero-order valence-corrected chi connectivity index (χ0v) is 15.5. The minimum atomic E-state index is -0.228. The van der Waals surface area contributed by atoms with Crippen molar-refractivity contribution in [1.82, 2.24) is 4.57 Å². The molecule has 6 rings (SSSR count). The van der Waals surface area contributed by atoms with Crippen molar-refractivity contribution >= 4 is 33.4 Å². The molecule has 1 spiro atoms. The maximum absolute atomic E-state index is 6.76. The Hall–Kier alpha value is -2.39. The zero-order chi connectivity index (χ0) is 17.3. The Morgan fingerprint density at radius 1 is 0.962 bits per heavy atom. The van der Waals surface area contributed by atoms with E-state index in [0.29, 0.717) is 0 Å². The van der Waals surface area contributed by atoms with Gasteiger partial charge in [0, 0.05) is 47.7 Å². The smallest absolute Gasteiger partial charge is 0.142 e. The van der Waals surface area contributed by atoms with Crippen LogP contribution < -0.4 is 4.74 Å². The number of thioether (sulfide) groups is 1. The molecule has 26 heavy (non-hydrogen) atoms. The maximum Gasteiger partial charge on any atom is 0.142 e. The molecule has 128 valence electrons. The molecule has 0 N–H and O–H groups in total. The fourth-order valence-electron chi connectivity index (χ4n) is 4.82. The summed E-state index contributed by atoms with van der Waals surface area (Å²) in [7, 11) is 2.19. The average molecular weight is 357 g/mol. The van der Waals surface area contributed by atoms with Crippen LogP contribution in [-0.2, 0) is 19.1 Å². The second-order valence-corrected chi connectivity index (χ2v) is 8.47. The van der Waals surface area contributed by atoms with Crippen LogP contribution in [0.3, 0.4) is 0 Å². The summed E-state index contributed by atoms with van der Waals surface area (Å²) in [6, 6.07) is 21.8. The summed E-state index contributed by atoms with van der Waals surface area (Å²) in [5.74, 6) is 2.16. The third-order valence-corrected chi connectivity index (χ3v) is 7.18. The average Bonchev–Trinajstić information content (AvgIpc) is 3.19. The summed E-state index contributed by atoms with van der Waals surface area (Å²) in [6.07, 6.45) is 2.02. The Kier molecular flexibility index (Phi) is 2.88. The van der Waals surface area contributed by atoms with Gasteiger partial charge in [-0.15, -0.1) is 11.8 Å². The van der Waals surface area contributed by atoms with Crippen molar-refractivity contribution in [3.8, 4) is 5.75 Å². The van der Waals surface area contributed by atoms with Gasteiger partial charge in [0.2, 0.25) is 0 Å². The highest BCUT2D eigenvalue weighted by molar-refractivity contribution is 7.99. The van der Waals surface area contributed by atoms with Crippen LogP contribution in [0.25, 0.3) is 21.7 Å². The number of aryl methyl sites for hydroxylation is 1. The largest absolute Gasteiger partial charge is 0.482 e. The first kappa shape index (κ1) is 14.7. The van der Waals surface area contributed by atoms with Crippen LogP contribution in [0.15, 0.2) is 65.7 Å². The van der Waals surface area contributed by atoms with Gasteiger partial charge in [0.15, 0.2) is 0 Å². The van der Waals surface area contributed by atoms with Gasteiger partial charge in [0.25, 0.3) is 0 Å². The lowest BCUT2D eigenvalue weighted by atomic mass is 9.85. The molecule has 3 aromatic carbocycles. The molecule has 3 heteroatoms. The van der Waals surface area contributed by atoms with E-state index < -0.39 is 0 Å². The molecular formula is C23H19NOS. The molecule has 0 fully saturated rings. The van der Waals surface area contributed by atoms with Crippen LogP contribution in [-0.4, -0.2) is 10.3 Å². The van der Waals surface area contributed by atoms with Crippen molar-refractivity contribution in [3.05, 3.63) is 71.8 Å². The molecule has 0 saturated carbocycles. The van der Waals surface area contributed by atoms with Gasteiger partial charge in [-0.05, 0) is 22.9 Å². The van der Waals surface area contributed by atoms with Gasteiger partial charge in [0.05, 0.1) is 5.03 Å². The summed E-state index contributed by atoms with van der Waals surface area (Å²) in [5.41, 5.74) is 3.84. The van der Waals surface area contributed by atoms with E-state index in [0.717, 1.165) is 24.3 Å². The van der Waals surface area contributed by atoms with Crippen LogP contribution in [0, 0.1) is 0 Å². The van der Waals surface area contributed by atoms with E-state index in [9.17, 15) is 0 Å². The van der Waals surface area contributed by atoms with Crippen LogP contribution >= 0.6 is 11.8 Å². The van der Waals surface area contributed by atoms with Crippen molar-refractivity contribution in [3.63, 3.8) is 0 Å². The summed E-state index contributed by atoms with van der Waals surface area (Å²) < 4.78 is 9.11. The number of hydrogen-bond donors (Lipinski definition) is 0. The maximum atomic E-state index is 6.76. The van der Waals surface area contributed by atoms with E-state index >= 15 is 0 Å². The molecule has 1 unspecified atom stereocenters. The number of aromatic nitrogens is 1. The third-order valence-electron chi connectivity index (χ3n) is 6.02. The molecule has 2 nitrogen and oxygen atoms in total. The molecule has 3 heterocycles. The summed E-state index contributed by atoms with van der Waals surface area (Å²) in [6.45, 7) is 0. The second kappa shape index (κ2) is 5.08. The summed E-state index contributed by atoms with van der Waals surface area (Å²) in [5, 5.41) is 5.35. The van der Waals surface area contributed by atoms with Gasteiger partial charge in [0.1, 0.15) is 11.4 Å². The third kappa shape index (κ3) is 1.79. The number of para-hydroxylation sites is 1. The summed E-state index contributed by atoms with van der Waals surface area (Å²) >= 11 is 1.97. The normalized spacial score (nSPS) is 21.1. The second-order valence-electron chi connectivity index (χ2n) is 7.39. The van der Waals surface area contributed by atoms with E-state index in [2.05, 4.69) is 72.3 Å². The predicted octanol–water partition coefficient (Wildman–Crippen LogP) is 5.66. The van der Waals surface area contributed by atoms with Crippen molar-refractivity contribution in [2.45, 2.75) is 23.5 Å². The SMILES string of the molecule is Cn1c2c(c3ccccc31)C1(CCS2)Cc2c(ccc3ccccc23)O1. The number of ether oxygens (including phenoxy) is 1. The minimum absolute atomic E-state index is 0.228. The van der Waals surface area contributed by atoms with Gasteiger partial charge in [-0.3, -0.25) is 0 Å². The lowest BCUT2D eigenvalue weighted by Crippen LogP contribution is -2.35. The van der Waals surface area contributed by atoms with Gasteiger partial charge < -0.3 is 9.30 Å². The first-order chi connectivity index (χ1) is 12.8. The van der Waals surface area contributed by atoms with Crippen molar-refractivity contribution in [2.24, 2.45) is 7.05 Å². The lowest BCUT2D eigenvalue weighted by Gasteiger charge is -2.33. The van der Waals surface area contributed by atoms with E-state index in [-0.39, 0.29) is 5.60 Å².